The van der Waals surface area contributed by atoms with Crippen molar-refractivity contribution in [2.75, 3.05) is 12.4 Å². The quantitative estimate of drug-likeness (QED) is 0.872. The van der Waals surface area contributed by atoms with Gasteiger partial charge in [-0.2, -0.15) is 0 Å². The van der Waals surface area contributed by atoms with Gasteiger partial charge in [-0.25, -0.2) is 0 Å². The van der Waals surface area contributed by atoms with Crippen LogP contribution in [0.25, 0.3) is 0 Å². The Balaban J connectivity index is 2.93. The first-order valence-corrected chi connectivity index (χ1v) is 5.77. The Morgan fingerprint density at radius 3 is 2.81 bits per heavy atom. The molecule has 0 aliphatic rings. The monoisotopic (exact) mass is 286 g/mol. The molecule has 1 amide bonds. The first kappa shape index (κ1) is 12.8. The van der Waals surface area contributed by atoms with Gasteiger partial charge in [-0.3, -0.25) is 4.79 Å². The molecule has 1 aromatic carbocycles. The van der Waals surface area contributed by atoms with E-state index in [1.54, 1.807) is 7.11 Å². The molecule has 1 rings (SSSR count). The lowest BCUT2D eigenvalue weighted by Crippen LogP contribution is -2.34. The SMILES string of the molecule is CCC(Nc1cc(Br)ccc1OC)C(N)=O. The summed E-state index contributed by atoms with van der Waals surface area (Å²) in [4.78, 5) is 11.1. The average molecular weight is 287 g/mol. The number of hydrogen-bond acceptors (Lipinski definition) is 3. The maximum absolute atomic E-state index is 11.1. The molecule has 1 aromatic rings. The highest BCUT2D eigenvalue weighted by atomic mass is 79.9. The molecule has 4 nitrogen and oxygen atoms in total. The van der Waals surface area contributed by atoms with E-state index in [0.29, 0.717) is 12.2 Å². The minimum Gasteiger partial charge on any atom is -0.495 e. The fraction of sp³-hybridized carbons (Fsp3) is 0.364. The van der Waals surface area contributed by atoms with Crippen LogP contribution in [0.15, 0.2) is 22.7 Å². The molecule has 0 radical (unpaired) electrons. The Hall–Kier alpha value is -1.23. The summed E-state index contributed by atoms with van der Waals surface area (Å²) in [7, 11) is 1.58. The summed E-state index contributed by atoms with van der Waals surface area (Å²) in [6.07, 6.45) is 0.630. The second kappa shape index (κ2) is 5.75. The van der Waals surface area contributed by atoms with E-state index in [0.717, 1.165) is 10.2 Å². The van der Waals surface area contributed by atoms with Crippen molar-refractivity contribution in [1.29, 1.82) is 0 Å². The lowest BCUT2D eigenvalue weighted by Gasteiger charge is -2.17. The maximum Gasteiger partial charge on any atom is 0.239 e. The number of methoxy groups -OCH3 is 1. The van der Waals surface area contributed by atoms with Gasteiger partial charge in [0, 0.05) is 4.47 Å². The van der Waals surface area contributed by atoms with Crippen molar-refractivity contribution in [2.45, 2.75) is 19.4 Å². The summed E-state index contributed by atoms with van der Waals surface area (Å²) < 4.78 is 6.10. The van der Waals surface area contributed by atoms with E-state index in [9.17, 15) is 4.79 Å². The molecule has 0 saturated carbocycles. The zero-order valence-corrected chi connectivity index (χ0v) is 10.9. The second-order valence-corrected chi connectivity index (χ2v) is 4.27. The van der Waals surface area contributed by atoms with E-state index in [1.165, 1.54) is 0 Å². The van der Waals surface area contributed by atoms with Crippen molar-refractivity contribution in [2.24, 2.45) is 5.73 Å². The molecule has 0 aromatic heterocycles. The highest BCUT2D eigenvalue weighted by Crippen LogP contribution is 2.28. The normalized spacial score (nSPS) is 11.9. The summed E-state index contributed by atoms with van der Waals surface area (Å²) in [6, 6.07) is 5.16. The Kier molecular flexibility index (Phi) is 4.61. The number of rotatable bonds is 5. The van der Waals surface area contributed by atoms with Gasteiger partial charge in [0.1, 0.15) is 11.8 Å². The molecule has 1 unspecified atom stereocenters. The molecular weight excluding hydrogens is 272 g/mol. The number of amides is 1. The average Bonchev–Trinajstić information content (AvgIpc) is 2.25. The van der Waals surface area contributed by atoms with Crippen LogP contribution in [0.1, 0.15) is 13.3 Å². The molecule has 5 heteroatoms. The molecular formula is C11H15BrN2O2. The van der Waals surface area contributed by atoms with Crippen molar-refractivity contribution >= 4 is 27.5 Å². The fourth-order valence-electron chi connectivity index (χ4n) is 1.36. The van der Waals surface area contributed by atoms with Crippen molar-refractivity contribution in [3.63, 3.8) is 0 Å². The largest absolute Gasteiger partial charge is 0.495 e. The minimum atomic E-state index is -0.386. The van der Waals surface area contributed by atoms with Crippen LogP contribution in [0.4, 0.5) is 5.69 Å². The summed E-state index contributed by atoms with van der Waals surface area (Å²) in [5, 5.41) is 3.06. The van der Waals surface area contributed by atoms with Gasteiger partial charge in [-0.15, -0.1) is 0 Å². The smallest absolute Gasteiger partial charge is 0.239 e. The Bertz CT molecular complexity index is 382. The van der Waals surface area contributed by atoms with Crippen LogP contribution in [0.2, 0.25) is 0 Å². The van der Waals surface area contributed by atoms with Crippen LogP contribution in [-0.2, 0) is 4.79 Å². The lowest BCUT2D eigenvalue weighted by atomic mass is 10.2. The molecule has 0 fully saturated rings. The number of anilines is 1. The third-order valence-corrected chi connectivity index (χ3v) is 2.74. The Morgan fingerprint density at radius 1 is 1.62 bits per heavy atom. The van der Waals surface area contributed by atoms with Gasteiger partial charge in [0.05, 0.1) is 12.8 Å². The number of benzene rings is 1. The number of carbonyl (C=O) groups is 1. The van der Waals surface area contributed by atoms with E-state index in [2.05, 4.69) is 21.2 Å². The van der Waals surface area contributed by atoms with E-state index in [4.69, 9.17) is 10.5 Å². The molecule has 0 bridgehead atoms. The van der Waals surface area contributed by atoms with Crippen LogP contribution in [0.3, 0.4) is 0 Å². The van der Waals surface area contributed by atoms with Crippen molar-refractivity contribution < 1.29 is 9.53 Å². The van der Waals surface area contributed by atoms with Crippen molar-refractivity contribution in [3.8, 4) is 5.75 Å². The molecule has 3 N–H and O–H groups in total. The number of halogens is 1. The molecule has 0 aliphatic carbocycles. The van der Waals surface area contributed by atoms with Crippen molar-refractivity contribution in [3.05, 3.63) is 22.7 Å². The molecule has 1 atom stereocenters. The second-order valence-electron chi connectivity index (χ2n) is 3.35. The van der Waals surface area contributed by atoms with Crippen LogP contribution >= 0.6 is 15.9 Å². The summed E-state index contributed by atoms with van der Waals surface area (Å²) >= 11 is 3.36. The van der Waals surface area contributed by atoms with Crippen LogP contribution in [0, 0.1) is 0 Å². The Labute approximate surface area is 103 Å². The molecule has 0 aliphatic heterocycles. The number of ether oxygens (including phenoxy) is 1. The van der Waals surface area contributed by atoms with Gasteiger partial charge in [-0.1, -0.05) is 22.9 Å². The van der Waals surface area contributed by atoms with Gasteiger partial charge in [0.25, 0.3) is 0 Å². The van der Waals surface area contributed by atoms with E-state index >= 15 is 0 Å². The highest BCUT2D eigenvalue weighted by molar-refractivity contribution is 9.10. The molecule has 0 heterocycles. The van der Waals surface area contributed by atoms with E-state index in [-0.39, 0.29) is 11.9 Å². The topological polar surface area (TPSA) is 64.3 Å². The zero-order valence-electron chi connectivity index (χ0n) is 9.29. The molecule has 16 heavy (non-hydrogen) atoms. The molecule has 0 saturated heterocycles. The summed E-state index contributed by atoms with van der Waals surface area (Å²) in [5.41, 5.74) is 6.02. The number of carbonyl (C=O) groups excluding carboxylic acids is 1. The third kappa shape index (κ3) is 3.13. The van der Waals surface area contributed by atoms with E-state index in [1.807, 2.05) is 25.1 Å². The number of nitrogens with two attached hydrogens (primary N) is 1. The summed E-state index contributed by atoms with van der Waals surface area (Å²) in [5.74, 6) is 0.312. The van der Waals surface area contributed by atoms with Gasteiger partial charge >= 0.3 is 0 Å². The Morgan fingerprint density at radius 2 is 2.31 bits per heavy atom. The molecule has 88 valence electrons. The first-order valence-electron chi connectivity index (χ1n) is 4.97. The number of primary amides is 1. The maximum atomic E-state index is 11.1. The number of hydrogen-bond donors (Lipinski definition) is 2. The molecule has 0 spiro atoms. The highest BCUT2D eigenvalue weighted by Gasteiger charge is 2.14. The minimum absolute atomic E-state index is 0.371. The summed E-state index contributed by atoms with van der Waals surface area (Å²) in [6.45, 7) is 1.90. The van der Waals surface area contributed by atoms with E-state index < -0.39 is 0 Å². The van der Waals surface area contributed by atoms with Gasteiger partial charge in [0.2, 0.25) is 5.91 Å². The lowest BCUT2D eigenvalue weighted by molar-refractivity contribution is -0.118. The van der Waals surface area contributed by atoms with Crippen LogP contribution in [0.5, 0.6) is 5.75 Å². The first-order chi connectivity index (χ1) is 7.58. The van der Waals surface area contributed by atoms with Crippen LogP contribution < -0.4 is 15.8 Å². The van der Waals surface area contributed by atoms with Crippen molar-refractivity contribution in [1.82, 2.24) is 0 Å². The third-order valence-electron chi connectivity index (χ3n) is 2.24. The van der Waals surface area contributed by atoms with Gasteiger partial charge in [0.15, 0.2) is 0 Å². The van der Waals surface area contributed by atoms with Gasteiger partial charge < -0.3 is 15.8 Å². The number of nitrogens with one attached hydrogen (secondary N) is 1. The zero-order chi connectivity index (χ0) is 12.1. The standard InChI is InChI=1S/C11H15BrN2O2/c1-3-8(11(13)15)14-9-6-7(12)4-5-10(9)16-2/h4-6,8,14H,3H2,1-2H3,(H2,13,15). The van der Waals surface area contributed by atoms with Gasteiger partial charge in [-0.05, 0) is 24.6 Å². The predicted molar refractivity (Wildman–Crippen MR) is 67.6 cm³/mol. The fourth-order valence-corrected chi connectivity index (χ4v) is 1.72. The predicted octanol–water partition coefficient (Wildman–Crippen LogP) is 2.13. The van der Waals surface area contributed by atoms with Crippen LogP contribution in [-0.4, -0.2) is 19.1 Å².